The lowest BCUT2D eigenvalue weighted by atomic mass is 9.99. The molecule has 5 heteroatoms. The van der Waals surface area contributed by atoms with Crippen LogP contribution < -0.4 is 0 Å². The Morgan fingerprint density at radius 1 is 1.33 bits per heavy atom. The summed E-state index contributed by atoms with van der Waals surface area (Å²) >= 11 is 6.02. The number of nitrogens with zero attached hydrogens (tertiary/aromatic N) is 1. The van der Waals surface area contributed by atoms with E-state index in [0.717, 1.165) is 30.5 Å². The Morgan fingerprint density at radius 3 is 2.79 bits per heavy atom. The van der Waals surface area contributed by atoms with Crippen molar-refractivity contribution in [3.63, 3.8) is 0 Å². The monoisotopic (exact) mass is 345 g/mol. The first-order chi connectivity index (χ1) is 11.5. The number of carboxylic acids is 1. The van der Waals surface area contributed by atoms with Gasteiger partial charge >= 0.3 is 5.97 Å². The second kappa shape index (κ2) is 6.81. The van der Waals surface area contributed by atoms with Crippen LogP contribution in [0, 0.1) is 0 Å². The molecule has 0 radical (unpaired) electrons. The van der Waals surface area contributed by atoms with Crippen molar-refractivity contribution in [1.82, 2.24) is 4.57 Å². The van der Waals surface area contributed by atoms with Crippen molar-refractivity contribution in [2.75, 3.05) is 0 Å². The number of rotatable bonds is 6. The number of hydrogen-bond acceptors (Lipinski definition) is 2. The molecular formula is C19H20ClNO3. The highest BCUT2D eigenvalue weighted by molar-refractivity contribution is 6.31. The van der Waals surface area contributed by atoms with Gasteiger partial charge in [-0.1, -0.05) is 37.1 Å². The fourth-order valence-electron chi connectivity index (χ4n) is 3.41. The van der Waals surface area contributed by atoms with Gasteiger partial charge in [0.2, 0.25) is 5.78 Å². The van der Waals surface area contributed by atoms with Crippen LogP contribution in [0.2, 0.25) is 5.02 Å². The number of aryl methyl sites for hydroxylation is 1. The van der Waals surface area contributed by atoms with E-state index in [1.807, 2.05) is 10.6 Å². The lowest BCUT2D eigenvalue weighted by Gasteiger charge is -2.09. The topological polar surface area (TPSA) is 59.3 Å². The quantitative estimate of drug-likeness (QED) is 0.794. The van der Waals surface area contributed by atoms with Crippen molar-refractivity contribution in [3.05, 3.63) is 57.9 Å². The number of carbonyl (C=O) groups is 2. The second-order valence-electron chi connectivity index (χ2n) is 6.22. The molecule has 0 spiro atoms. The Hall–Kier alpha value is -2.07. The molecule has 1 aliphatic heterocycles. The van der Waals surface area contributed by atoms with Gasteiger partial charge in [0.25, 0.3) is 0 Å². The number of fused-ring (bicyclic) bond motifs is 1. The molecule has 1 N–H and O–H groups in total. The Balaban J connectivity index is 2.07. The van der Waals surface area contributed by atoms with Gasteiger partial charge in [-0.3, -0.25) is 9.59 Å². The van der Waals surface area contributed by atoms with Gasteiger partial charge in [0.05, 0.1) is 11.6 Å². The molecular weight excluding hydrogens is 326 g/mol. The van der Waals surface area contributed by atoms with Gasteiger partial charge in [-0.25, -0.2) is 0 Å². The van der Waals surface area contributed by atoms with E-state index >= 15 is 0 Å². The molecule has 0 fully saturated rings. The molecule has 1 atom stereocenters. The van der Waals surface area contributed by atoms with Crippen LogP contribution in [0.25, 0.3) is 0 Å². The minimum Gasteiger partial charge on any atom is -0.481 e. The van der Waals surface area contributed by atoms with Gasteiger partial charge in [0.15, 0.2) is 0 Å². The Labute approximate surface area is 146 Å². The fourth-order valence-corrected chi connectivity index (χ4v) is 3.60. The number of benzene rings is 1. The number of unbranched alkanes of at least 4 members (excludes halogenated alkanes) is 1. The van der Waals surface area contributed by atoms with Crippen molar-refractivity contribution in [1.29, 1.82) is 0 Å². The predicted octanol–water partition coefficient (Wildman–Crippen LogP) is 4.29. The molecule has 1 aromatic heterocycles. The number of carboxylic acid groups (broad SMARTS) is 1. The molecule has 1 aliphatic rings. The van der Waals surface area contributed by atoms with E-state index < -0.39 is 11.9 Å². The highest BCUT2D eigenvalue weighted by Gasteiger charge is 2.34. The fraction of sp³-hybridized carbons (Fsp3) is 0.368. The summed E-state index contributed by atoms with van der Waals surface area (Å²) in [4.78, 5) is 24.5. The van der Waals surface area contributed by atoms with Gasteiger partial charge in [0.1, 0.15) is 0 Å². The van der Waals surface area contributed by atoms with Gasteiger partial charge < -0.3 is 9.67 Å². The molecule has 3 rings (SSSR count). The van der Waals surface area contributed by atoms with Gasteiger partial charge in [-0.05, 0) is 43.0 Å². The lowest BCUT2D eigenvalue weighted by molar-refractivity contribution is -0.138. The maximum atomic E-state index is 13.1. The lowest BCUT2D eigenvalue weighted by Crippen LogP contribution is -2.11. The van der Waals surface area contributed by atoms with Crippen molar-refractivity contribution >= 4 is 23.4 Å². The summed E-state index contributed by atoms with van der Waals surface area (Å²) in [5, 5.41) is 9.93. The second-order valence-corrected chi connectivity index (χ2v) is 6.65. The Kier molecular flexibility index (Phi) is 4.76. The minimum atomic E-state index is -0.824. The smallest absolute Gasteiger partial charge is 0.312 e. The molecule has 1 aromatic carbocycles. The molecule has 0 bridgehead atoms. The summed E-state index contributed by atoms with van der Waals surface area (Å²) in [5.74, 6) is -1.43. The van der Waals surface area contributed by atoms with Crippen LogP contribution in [0.3, 0.4) is 0 Å². The summed E-state index contributed by atoms with van der Waals surface area (Å²) in [6, 6.07) is 8.83. The molecule has 0 saturated heterocycles. The maximum Gasteiger partial charge on any atom is 0.312 e. The molecule has 4 nitrogen and oxygen atoms in total. The first-order valence-electron chi connectivity index (χ1n) is 8.28. The van der Waals surface area contributed by atoms with Crippen LogP contribution in [0.1, 0.15) is 59.4 Å². The summed E-state index contributed by atoms with van der Waals surface area (Å²) in [6.45, 7) is 2.67. The number of aromatic nitrogens is 1. The minimum absolute atomic E-state index is 0.0825. The zero-order valence-electron chi connectivity index (χ0n) is 13.6. The molecule has 24 heavy (non-hydrogen) atoms. The summed E-state index contributed by atoms with van der Waals surface area (Å²) in [5.41, 5.74) is 2.87. The van der Waals surface area contributed by atoms with Gasteiger partial charge in [0, 0.05) is 22.8 Å². The Bertz CT molecular complexity index is 794. The predicted molar refractivity (Wildman–Crippen MR) is 92.9 cm³/mol. The van der Waals surface area contributed by atoms with Crippen LogP contribution >= 0.6 is 11.6 Å². The number of ketones is 1. The van der Waals surface area contributed by atoms with E-state index in [1.165, 1.54) is 0 Å². The zero-order chi connectivity index (χ0) is 17.3. The van der Waals surface area contributed by atoms with Gasteiger partial charge in [-0.15, -0.1) is 0 Å². The van der Waals surface area contributed by atoms with E-state index in [1.54, 1.807) is 24.3 Å². The molecule has 0 amide bonds. The third kappa shape index (κ3) is 2.98. The van der Waals surface area contributed by atoms with Crippen molar-refractivity contribution < 1.29 is 14.7 Å². The van der Waals surface area contributed by atoms with Gasteiger partial charge in [-0.2, -0.15) is 0 Å². The van der Waals surface area contributed by atoms with Crippen molar-refractivity contribution in [2.24, 2.45) is 0 Å². The first-order valence-corrected chi connectivity index (χ1v) is 8.66. The van der Waals surface area contributed by atoms with E-state index in [-0.39, 0.29) is 5.78 Å². The van der Waals surface area contributed by atoms with Crippen LogP contribution in [-0.2, 0) is 17.8 Å². The number of halogens is 1. The highest BCUT2D eigenvalue weighted by Crippen LogP contribution is 2.34. The SMILES string of the molecule is CCCCc1cc2n(c1C(=O)c1cccc(Cl)c1)CCC2C(=O)O. The standard InChI is InChI=1S/C19H20ClNO3/c1-2-3-5-12-11-16-15(19(23)24)8-9-21(16)17(12)18(22)13-6-4-7-14(20)10-13/h4,6-7,10-11,15H,2-3,5,8-9H2,1H3,(H,23,24). The first kappa shape index (κ1) is 16.8. The highest BCUT2D eigenvalue weighted by atomic mass is 35.5. The number of aliphatic carboxylic acids is 1. The third-order valence-electron chi connectivity index (χ3n) is 4.61. The van der Waals surface area contributed by atoms with E-state index in [9.17, 15) is 14.7 Å². The number of carbonyl (C=O) groups excluding carboxylic acids is 1. The van der Waals surface area contributed by atoms with E-state index in [4.69, 9.17) is 11.6 Å². The third-order valence-corrected chi connectivity index (χ3v) is 4.84. The molecule has 1 unspecified atom stereocenters. The zero-order valence-corrected chi connectivity index (χ0v) is 14.3. The van der Waals surface area contributed by atoms with E-state index in [0.29, 0.717) is 29.2 Å². The average Bonchev–Trinajstić information content (AvgIpc) is 3.10. The summed E-state index contributed by atoms with van der Waals surface area (Å²) < 4.78 is 1.90. The van der Waals surface area contributed by atoms with Crippen LogP contribution in [0.5, 0.6) is 0 Å². The normalized spacial score (nSPS) is 16.2. The summed E-state index contributed by atoms with van der Waals surface area (Å²) in [7, 11) is 0. The average molecular weight is 346 g/mol. The number of hydrogen-bond donors (Lipinski definition) is 1. The molecule has 0 saturated carbocycles. The summed E-state index contributed by atoms with van der Waals surface area (Å²) in [6.07, 6.45) is 3.31. The largest absolute Gasteiger partial charge is 0.481 e. The molecule has 126 valence electrons. The van der Waals surface area contributed by atoms with Crippen molar-refractivity contribution in [3.8, 4) is 0 Å². The Morgan fingerprint density at radius 2 is 2.12 bits per heavy atom. The van der Waals surface area contributed by atoms with Crippen molar-refractivity contribution in [2.45, 2.75) is 45.1 Å². The van der Waals surface area contributed by atoms with Crippen LogP contribution in [0.15, 0.2) is 30.3 Å². The molecule has 2 heterocycles. The molecule has 0 aliphatic carbocycles. The van der Waals surface area contributed by atoms with E-state index in [2.05, 4.69) is 6.92 Å². The van der Waals surface area contributed by atoms with Crippen LogP contribution in [-0.4, -0.2) is 21.4 Å². The maximum absolute atomic E-state index is 13.1. The van der Waals surface area contributed by atoms with Crippen LogP contribution in [0.4, 0.5) is 0 Å². The molecule has 2 aromatic rings.